The first-order valence-electron chi connectivity index (χ1n) is 5.28. The van der Waals surface area contributed by atoms with Gasteiger partial charge in [-0.1, -0.05) is 6.07 Å². The van der Waals surface area contributed by atoms with Crippen LogP contribution < -0.4 is 4.74 Å². The van der Waals surface area contributed by atoms with Gasteiger partial charge in [0.2, 0.25) is 0 Å². The van der Waals surface area contributed by atoms with Crippen LogP contribution in [0.5, 0.6) is 5.75 Å². The van der Waals surface area contributed by atoms with Gasteiger partial charge in [0, 0.05) is 5.56 Å². The summed E-state index contributed by atoms with van der Waals surface area (Å²) in [6.45, 7) is 1.99. The molecule has 1 N–H and O–H groups in total. The number of carboxylic acids is 1. The average Bonchev–Trinajstić information content (AvgIpc) is 2.28. The Labute approximate surface area is 92.9 Å². The third kappa shape index (κ3) is 1.75. The van der Waals surface area contributed by atoms with Crippen molar-refractivity contribution in [2.45, 2.75) is 25.7 Å². The predicted molar refractivity (Wildman–Crippen MR) is 56.3 cm³/mol. The Bertz CT molecular complexity index is 429. The van der Waals surface area contributed by atoms with E-state index < -0.39 is 17.7 Å². The highest BCUT2D eigenvalue weighted by molar-refractivity contribution is 5.77. The Morgan fingerprint density at radius 2 is 2.31 bits per heavy atom. The molecule has 1 atom stereocenters. The Balaban J connectivity index is 2.53. The average molecular weight is 224 g/mol. The highest BCUT2D eigenvalue weighted by atomic mass is 19.1. The van der Waals surface area contributed by atoms with Crippen LogP contribution in [0.25, 0.3) is 0 Å². The lowest BCUT2D eigenvalue weighted by atomic mass is 9.94. The van der Waals surface area contributed by atoms with Crippen molar-refractivity contribution in [3.63, 3.8) is 0 Å². The van der Waals surface area contributed by atoms with E-state index in [1.54, 1.807) is 6.07 Å². The molecule has 0 amide bonds. The van der Waals surface area contributed by atoms with E-state index in [-0.39, 0.29) is 5.56 Å². The number of halogens is 1. The molecule has 2 rings (SSSR count). The largest absolute Gasteiger partial charge is 0.493 e. The molecule has 16 heavy (non-hydrogen) atoms. The Hall–Kier alpha value is -1.58. The molecule has 1 aromatic rings. The smallest absolute Gasteiger partial charge is 0.310 e. The quantitative estimate of drug-likeness (QED) is 0.838. The minimum absolute atomic E-state index is 0.171. The minimum Gasteiger partial charge on any atom is -0.493 e. The molecule has 0 aromatic heterocycles. The number of ether oxygens (including phenoxy) is 1. The zero-order valence-electron chi connectivity index (χ0n) is 9.00. The molecule has 3 nitrogen and oxygen atoms in total. The van der Waals surface area contributed by atoms with Crippen molar-refractivity contribution in [1.29, 1.82) is 0 Å². The zero-order chi connectivity index (χ0) is 11.7. The summed E-state index contributed by atoms with van der Waals surface area (Å²) >= 11 is 0. The van der Waals surface area contributed by atoms with E-state index in [2.05, 4.69) is 0 Å². The van der Waals surface area contributed by atoms with Crippen molar-refractivity contribution in [3.05, 3.63) is 29.1 Å². The molecular weight excluding hydrogens is 211 g/mol. The minimum atomic E-state index is -1.04. The molecule has 0 aliphatic carbocycles. The van der Waals surface area contributed by atoms with Gasteiger partial charge < -0.3 is 9.84 Å². The van der Waals surface area contributed by atoms with E-state index in [0.717, 1.165) is 18.4 Å². The molecule has 0 saturated carbocycles. The first-order valence-corrected chi connectivity index (χ1v) is 5.28. The first kappa shape index (κ1) is 10.9. The van der Waals surface area contributed by atoms with Crippen LogP contribution in [0.4, 0.5) is 4.39 Å². The van der Waals surface area contributed by atoms with Crippen LogP contribution in [-0.4, -0.2) is 17.7 Å². The highest BCUT2D eigenvalue weighted by Gasteiger charge is 2.26. The molecule has 4 heteroatoms. The summed E-state index contributed by atoms with van der Waals surface area (Å²) in [5.74, 6) is -1.99. The fraction of sp³-hybridized carbons (Fsp3) is 0.417. The molecule has 0 bridgehead atoms. The SMILES string of the molecule is CC(C(=O)O)c1c(F)ccc2c1OCCC2. The van der Waals surface area contributed by atoms with Crippen molar-refractivity contribution < 1.29 is 19.0 Å². The maximum absolute atomic E-state index is 13.6. The van der Waals surface area contributed by atoms with Gasteiger partial charge in [-0.25, -0.2) is 4.39 Å². The normalized spacial score (nSPS) is 16.1. The van der Waals surface area contributed by atoms with E-state index in [1.807, 2.05) is 0 Å². The summed E-state index contributed by atoms with van der Waals surface area (Å²) < 4.78 is 19.0. The van der Waals surface area contributed by atoms with E-state index in [0.29, 0.717) is 12.4 Å². The summed E-state index contributed by atoms with van der Waals surface area (Å²) in [4.78, 5) is 10.9. The molecule has 0 fully saturated rings. The van der Waals surface area contributed by atoms with Crippen molar-refractivity contribution >= 4 is 5.97 Å². The van der Waals surface area contributed by atoms with Gasteiger partial charge in [-0.05, 0) is 31.4 Å². The third-order valence-electron chi connectivity index (χ3n) is 2.86. The Kier molecular flexibility index (Phi) is 2.81. The fourth-order valence-corrected chi connectivity index (χ4v) is 1.95. The molecule has 1 heterocycles. The van der Waals surface area contributed by atoms with Gasteiger partial charge in [0.05, 0.1) is 12.5 Å². The van der Waals surface area contributed by atoms with Gasteiger partial charge in [0.15, 0.2) is 0 Å². The van der Waals surface area contributed by atoms with Crippen LogP contribution in [0, 0.1) is 5.82 Å². The number of rotatable bonds is 2. The second kappa shape index (κ2) is 4.12. The van der Waals surface area contributed by atoms with E-state index in [9.17, 15) is 9.18 Å². The number of benzene rings is 1. The van der Waals surface area contributed by atoms with Crippen molar-refractivity contribution in [1.82, 2.24) is 0 Å². The highest BCUT2D eigenvalue weighted by Crippen LogP contribution is 2.35. The summed E-state index contributed by atoms with van der Waals surface area (Å²) in [5, 5.41) is 8.94. The maximum atomic E-state index is 13.6. The molecule has 1 aromatic carbocycles. The van der Waals surface area contributed by atoms with E-state index in [4.69, 9.17) is 9.84 Å². The first-order chi connectivity index (χ1) is 7.61. The molecule has 1 aliphatic rings. The molecule has 0 radical (unpaired) electrons. The number of aliphatic carboxylic acids is 1. The van der Waals surface area contributed by atoms with Gasteiger partial charge in [-0.2, -0.15) is 0 Å². The number of carbonyl (C=O) groups is 1. The van der Waals surface area contributed by atoms with Crippen LogP contribution >= 0.6 is 0 Å². The van der Waals surface area contributed by atoms with Crippen molar-refractivity contribution in [2.24, 2.45) is 0 Å². The number of hydrogen-bond acceptors (Lipinski definition) is 2. The van der Waals surface area contributed by atoms with Crippen LogP contribution in [0.2, 0.25) is 0 Å². The summed E-state index contributed by atoms with van der Waals surface area (Å²) in [5.41, 5.74) is 1.07. The van der Waals surface area contributed by atoms with Crippen LogP contribution in [-0.2, 0) is 11.2 Å². The molecule has 0 saturated heterocycles. The summed E-state index contributed by atoms with van der Waals surface area (Å²) in [6.07, 6.45) is 1.70. The van der Waals surface area contributed by atoms with Gasteiger partial charge in [-0.3, -0.25) is 4.79 Å². The second-order valence-electron chi connectivity index (χ2n) is 3.96. The number of hydrogen-bond donors (Lipinski definition) is 1. The summed E-state index contributed by atoms with van der Waals surface area (Å²) in [7, 11) is 0. The molecule has 0 spiro atoms. The van der Waals surface area contributed by atoms with Crippen molar-refractivity contribution in [2.75, 3.05) is 6.61 Å². The number of carboxylic acid groups (broad SMARTS) is 1. The van der Waals surface area contributed by atoms with E-state index in [1.165, 1.54) is 13.0 Å². The number of fused-ring (bicyclic) bond motifs is 1. The summed E-state index contributed by atoms with van der Waals surface area (Å²) in [6, 6.07) is 2.99. The predicted octanol–water partition coefficient (Wildman–Crippen LogP) is 2.34. The monoisotopic (exact) mass is 224 g/mol. The lowest BCUT2D eigenvalue weighted by Crippen LogP contribution is -2.16. The standard InChI is InChI=1S/C12H13FO3/c1-7(12(14)15)10-9(13)5-4-8-3-2-6-16-11(8)10/h4-5,7H,2-3,6H2,1H3,(H,14,15). The van der Waals surface area contributed by atoms with Crippen LogP contribution in [0.1, 0.15) is 30.4 Å². The van der Waals surface area contributed by atoms with Gasteiger partial charge in [0.1, 0.15) is 11.6 Å². The molecular formula is C12H13FO3. The lowest BCUT2D eigenvalue weighted by molar-refractivity contribution is -0.138. The third-order valence-corrected chi connectivity index (χ3v) is 2.86. The fourth-order valence-electron chi connectivity index (χ4n) is 1.95. The van der Waals surface area contributed by atoms with Gasteiger partial charge >= 0.3 is 5.97 Å². The van der Waals surface area contributed by atoms with Gasteiger partial charge in [0.25, 0.3) is 0 Å². The van der Waals surface area contributed by atoms with Crippen molar-refractivity contribution in [3.8, 4) is 5.75 Å². The second-order valence-corrected chi connectivity index (χ2v) is 3.96. The van der Waals surface area contributed by atoms with E-state index >= 15 is 0 Å². The Morgan fingerprint density at radius 3 is 3.00 bits per heavy atom. The molecule has 86 valence electrons. The molecule has 1 unspecified atom stereocenters. The molecule has 1 aliphatic heterocycles. The zero-order valence-corrected chi connectivity index (χ0v) is 9.00. The van der Waals surface area contributed by atoms with Crippen LogP contribution in [0.3, 0.4) is 0 Å². The maximum Gasteiger partial charge on any atom is 0.310 e. The van der Waals surface area contributed by atoms with Gasteiger partial charge in [-0.15, -0.1) is 0 Å². The topological polar surface area (TPSA) is 46.5 Å². The van der Waals surface area contributed by atoms with Crippen LogP contribution in [0.15, 0.2) is 12.1 Å². The number of aryl methyl sites for hydroxylation is 1. The Morgan fingerprint density at radius 1 is 1.56 bits per heavy atom. The lowest BCUT2D eigenvalue weighted by Gasteiger charge is -2.22.